The van der Waals surface area contributed by atoms with Crippen molar-refractivity contribution >= 4 is 32.5 Å². The lowest BCUT2D eigenvalue weighted by atomic mass is 9.76. The molecular weight excluding hydrogens is 518 g/mol. The van der Waals surface area contributed by atoms with Crippen molar-refractivity contribution in [1.29, 1.82) is 5.26 Å². The van der Waals surface area contributed by atoms with E-state index in [4.69, 9.17) is 15.2 Å². The first-order valence-corrected chi connectivity index (χ1v) is 12.6. The van der Waals surface area contributed by atoms with Crippen molar-refractivity contribution in [3.05, 3.63) is 92.9 Å². The lowest BCUT2D eigenvalue weighted by Gasteiger charge is -2.37. The molecule has 0 fully saturated rings. The highest BCUT2D eigenvalue weighted by Crippen LogP contribution is 2.47. The maximum atomic E-state index is 13.1. The molecule has 7 heteroatoms. The molecule has 1 atom stereocenters. The minimum atomic E-state index is -0.550. The number of carbonyl (C=O) groups excluding carboxylic acids is 1. The first-order valence-electron chi connectivity index (χ1n) is 11.8. The molecule has 5 rings (SSSR count). The van der Waals surface area contributed by atoms with Gasteiger partial charge in [-0.3, -0.25) is 4.79 Å². The van der Waals surface area contributed by atoms with Gasteiger partial charge in [-0.05, 0) is 62.8 Å². The van der Waals surface area contributed by atoms with Gasteiger partial charge in [0, 0.05) is 24.7 Å². The van der Waals surface area contributed by atoms with Gasteiger partial charge in [0.2, 0.25) is 0 Å². The van der Waals surface area contributed by atoms with Crippen LogP contribution in [0.15, 0.2) is 81.7 Å². The standard InChI is InChI=1S/C29H26BrN3O3/c1-33-23-11-6-12-24(34)27(23)26(21(15-31)29(33)32)19-13-22(30)28(25(14-19)35-2)36-16-18-9-5-8-17-7-3-4-10-20(17)18/h3-5,7-10,13-14,26H,6,11-12,16,32H2,1-2H3/t26-/m0/s1. The van der Waals surface area contributed by atoms with Crippen LogP contribution in [0.1, 0.15) is 36.3 Å². The zero-order valence-corrected chi connectivity index (χ0v) is 21.8. The number of ketones is 1. The fourth-order valence-electron chi connectivity index (χ4n) is 5.21. The number of hydrogen-bond donors (Lipinski definition) is 1. The summed E-state index contributed by atoms with van der Waals surface area (Å²) < 4.78 is 12.6. The number of nitrogens with two attached hydrogens (primary N) is 1. The molecule has 0 radical (unpaired) electrons. The minimum Gasteiger partial charge on any atom is -0.493 e. The number of ether oxygens (including phenoxy) is 2. The Balaban J connectivity index is 1.55. The van der Waals surface area contributed by atoms with Gasteiger partial charge < -0.3 is 20.1 Å². The van der Waals surface area contributed by atoms with Gasteiger partial charge in [0.1, 0.15) is 12.4 Å². The molecule has 0 saturated carbocycles. The molecule has 3 aromatic rings. The van der Waals surface area contributed by atoms with E-state index in [1.165, 1.54) is 0 Å². The van der Waals surface area contributed by atoms with Crippen LogP contribution in [0.2, 0.25) is 0 Å². The van der Waals surface area contributed by atoms with Crippen LogP contribution in [-0.2, 0) is 11.4 Å². The Morgan fingerprint density at radius 1 is 1.17 bits per heavy atom. The maximum Gasteiger partial charge on any atom is 0.175 e. The molecule has 6 nitrogen and oxygen atoms in total. The summed E-state index contributed by atoms with van der Waals surface area (Å²) in [6, 6.07) is 20.3. The first kappa shape index (κ1) is 24.0. The van der Waals surface area contributed by atoms with Gasteiger partial charge in [0.15, 0.2) is 17.3 Å². The summed E-state index contributed by atoms with van der Waals surface area (Å²) in [5.74, 6) is 0.954. The quantitative estimate of drug-likeness (QED) is 0.429. The van der Waals surface area contributed by atoms with E-state index < -0.39 is 5.92 Å². The van der Waals surface area contributed by atoms with Gasteiger partial charge >= 0.3 is 0 Å². The minimum absolute atomic E-state index is 0.0553. The van der Waals surface area contributed by atoms with Gasteiger partial charge in [-0.2, -0.15) is 5.26 Å². The molecule has 2 aliphatic rings. The molecule has 1 aliphatic carbocycles. The molecule has 3 aromatic carbocycles. The summed E-state index contributed by atoms with van der Waals surface area (Å²) in [7, 11) is 3.40. The van der Waals surface area contributed by atoms with Crippen molar-refractivity contribution in [1.82, 2.24) is 4.90 Å². The van der Waals surface area contributed by atoms with E-state index in [0.717, 1.165) is 40.4 Å². The molecule has 0 amide bonds. The Morgan fingerprint density at radius 3 is 2.72 bits per heavy atom. The predicted octanol–water partition coefficient (Wildman–Crippen LogP) is 5.92. The molecule has 0 unspecified atom stereocenters. The predicted molar refractivity (Wildman–Crippen MR) is 142 cm³/mol. The number of rotatable bonds is 5. The Bertz CT molecular complexity index is 1480. The monoisotopic (exact) mass is 543 g/mol. The van der Waals surface area contributed by atoms with E-state index in [1.54, 1.807) is 12.0 Å². The molecule has 1 heterocycles. The number of carbonyl (C=O) groups is 1. The Hall–Kier alpha value is -3.76. The van der Waals surface area contributed by atoms with E-state index in [1.807, 2.05) is 43.4 Å². The highest BCUT2D eigenvalue weighted by atomic mass is 79.9. The second kappa shape index (κ2) is 9.71. The number of hydrogen-bond acceptors (Lipinski definition) is 6. The highest BCUT2D eigenvalue weighted by Gasteiger charge is 2.39. The molecular formula is C29H26BrN3O3. The number of nitrogens with zero attached hydrogens (tertiary/aromatic N) is 2. The lowest BCUT2D eigenvalue weighted by molar-refractivity contribution is -0.116. The molecule has 2 N–H and O–H groups in total. The molecule has 182 valence electrons. The van der Waals surface area contributed by atoms with Crippen LogP contribution < -0.4 is 15.2 Å². The van der Waals surface area contributed by atoms with Crippen LogP contribution in [0.5, 0.6) is 11.5 Å². The van der Waals surface area contributed by atoms with E-state index >= 15 is 0 Å². The second-order valence-corrected chi connectivity index (χ2v) is 9.86. The molecule has 36 heavy (non-hydrogen) atoms. The van der Waals surface area contributed by atoms with Crippen molar-refractivity contribution in [2.24, 2.45) is 5.73 Å². The average Bonchev–Trinajstić information content (AvgIpc) is 2.89. The zero-order chi connectivity index (χ0) is 25.4. The summed E-state index contributed by atoms with van der Waals surface area (Å²) in [5, 5.41) is 12.3. The van der Waals surface area contributed by atoms with Crippen LogP contribution in [0, 0.1) is 11.3 Å². The van der Waals surface area contributed by atoms with Gasteiger partial charge in [-0.25, -0.2) is 0 Å². The number of benzene rings is 3. The van der Waals surface area contributed by atoms with E-state index in [9.17, 15) is 10.1 Å². The zero-order valence-electron chi connectivity index (χ0n) is 20.2. The van der Waals surface area contributed by atoms with Gasteiger partial charge in [-0.15, -0.1) is 0 Å². The number of methoxy groups -OCH3 is 1. The highest BCUT2D eigenvalue weighted by molar-refractivity contribution is 9.10. The second-order valence-electron chi connectivity index (χ2n) is 9.00. The van der Waals surface area contributed by atoms with Gasteiger partial charge in [-0.1, -0.05) is 42.5 Å². The number of fused-ring (bicyclic) bond motifs is 1. The third-order valence-corrected chi connectivity index (χ3v) is 7.59. The van der Waals surface area contributed by atoms with Crippen LogP contribution >= 0.6 is 15.9 Å². The van der Waals surface area contributed by atoms with E-state index in [2.05, 4.69) is 40.2 Å². The van der Waals surface area contributed by atoms with Crippen molar-refractivity contribution in [3.63, 3.8) is 0 Å². The van der Waals surface area contributed by atoms with Crippen LogP contribution in [-0.4, -0.2) is 24.8 Å². The van der Waals surface area contributed by atoms with Crippen molar-refractivity contribution in [3.8, 4) is 17.6 Å². The Kier molecular flexibility index (Phi) is 6.46. The Labute approximate surface area is 218 Å². The van der Waals surface area contributed by atoms with E-state index in [0.29, 0.717) is 46.0 Å². The van der Waals surface area contributed by atoms with Crippen LogP contribution in [0.3, 0.4) is 0 Å². The first-order chi connectivity index (χ1) is 17.4. The third kappa shape index (κ3) is 4.02. The van der Waals surface area contributed by atoms with E-state index in [-0.39, 0.29) is 5.78 Å². The van der Waals surface area contributed by atoms with Crippen molar-refractivity contribution in [2.45, 2.75) is 31.8 Å². The van der Waals surface area contributed by atoms with Gasteiger partial charge in [0.25, 0.3) is 0 Å². The number of allylic oxidation sites excluding steroid dienone is 3. The maximum absolute atomic E-state index is 13.1. The van der Waals surface area contributed by atoms with Crippen LogP contribution in [0.4, 0.5) is 0 Å². The average molecular weight is 544 g/mol. The van der Waals surface area contributed by atoms with Crippen molar-refractivity contribution < 1.29 is 14.3 Å². The van der Waals surface area contributed by atoms with Gasteiger partial charge in [0.05, 0.1) is 29.1 Å². The van der Waals surface area contributed by atoms with Crippen molar-refractivity contribution in [2.75, 3.05) is 14.2 Å². The number of Topliss-reactive ketones (excluding diaryl/α,β-unsaturated/α-hetero) is 1. The lowest BCUT2D eigenvalue weighted by Crippen LogP contribution is -2.36. The summed E-state index contributed by atoms with van der Waals surface area (Å²) in [4.78, 5) is 14.9. The SMILES string of the molecule is COc1cc([C@H]2C(C#N)=C(N)N(C)C3=C2C(=O)CCC3)cc(Br)c1OCc1cccc2ccccc12. The summed E-state index contributed by atoms with van der Waals surface area (Å²) in [5.41, 5.74) is 10.1. The summed E-state index contributed by atoms with van der Waals surface area (Å²) >= 11 is 3.65. The number of halogens is 1. The molecule has 0 spiro atoms. The molecule has 0 aromatic heterocycles. The fraction of sp³-hybridized carbons (Fsp3) is 0.241. The topological polar surface area (TPSA) is 88.6 Å². The summed E-state index contributed by atoms with van der Waals surface area (Å²) in [6.45, 7) is 0.355. The number of nitriles is 1. The Morgan fingerprint density at radius 2 is 1.94 bits per heavy atom. The molecule has 0 bridgehead atoms. The fourth-order valence-corrected chi connectivity index (χ4v) is 5.79. The smallest absolute Gasteiger partial charge is 0.175 e. The molecule has 1 aliphatic heterocycles. The summed E-state index contributed by atoms with van der Waals surface area (Å²) in [6.07, 6.45) is 1.99. The largest absolute Gasteiger partial charge is 0.493 e. The molecule has 0 saturated heterocycles. The third-order valence-electron chi connectivity index (χ3n) is 7.01. The van der Waals surface area contributed by atoms with Crippen LogP contribution in [0.25, 0.3) is 10.8 Å². The normalized spacial score (nSPS) is 17.8.